The molecule has 1 saturated heterocycles. The van der Waals surface area contributed by atoms with E-state index in [9.17, 15) is 19.1 Å². The number of nitrogens with one attached hydrogen (secondary N) is 2. The zero-order valence-electron chi connectivity index (χ0n) is 23.5. The molecular weight excluding hydrogens is 561 g/mol. The van der Waals surface area contributed by atoms with Gasteiger partial charge in [0.1, 0.15) is 11.6 Å². The van der Waals surface area contributed by atoms with E-state index in [1.807, 2.05) is 0 Å². The van der Waals surface area contributed by atoms with E-state index in [1.54, 1.807) is 24.4 Å². The van der Waals surface area contributed by atoms with Crippen LogP contribution >= 0.6 is 11.6 Å². The molecule has 5 rings (SSSR count). The number of aliphatic carboxylic acids is 1. The van der Waals surface area contributed by atoms with Crippen molar-refractivity contribution in [2.24, 2.45) is 5.92 Å². The number of piperazine rings is 1. The molecule has 3 N–H and O–H groups in total. The van der Waals surface area contributed by atoms with Gasteiger partial charge in [-0.25, -0.2) is 9.37 Å². The second-order valence-electron chi connectivity index (χ2n) is 11.0. The second-order valence-corrected chi connectivity index (χ2v) is 11.5. The smallest absolute Gasteiger partial charge is 0.306 e. The summed E-state index contributed by atoms with van der Waals surface area (Å²) in [5.41, 5.74) is 2.50. The van der Waals surface area contributed by atoms with Crippen LogP contribution < -0.4 is 10.6 Å². The van der Waals surface area contributed by atoms with Crippen molar-refractivity contribution in [1.29, 1.82) is 0 Å². The number of likely N-dealkylation sites (N-methyl/N-ethyl adjacent to an activating group) is 1. The summed E-state index contributed by atoms with van der Waals surface area (Å²) in [5, 5.41) is 24.9. The molecule has 10 nitrogen and oxygen atoms in total. The molecule has 2 fully saturated rings. The fraction of sp³-hybridized carbons (Fsp3) is 0.433. The van der Waals surface area contributed by atoms with Gasteiger partial charge in [0.25, 0.3) is 0 Å². The maximum atomic E-state index is 14.7. The number of halogens is 2. The van der Waals surface area contributed by atoms with Crippen molar-refractivity contribution in [3.63, 3.8) is 0 Å². The van der Waals surface area contributed by atoms with E-state index < -0.39 is 11.8 Å². The fourth-order valence-corrected chi connectivity index (χ4v) is 5.68. The lowest BCUT2D eigenvalue weighted by Gasteiger charge is -2.32. The Balaban J connectivity index is 1.34. The number of hydrogen-bond donors (Lipinski definition) is 3. The Bertz CT molecular complexity index is 1430. The SMILES string of the molecule is CN1CCN(CCC(=O)Nc2cc(Nc3cc(-c4cc(Cl)ccc4F)nnc3[C@H]3CC[C@@H](C(=O)O)CC3)ccn2)CC1. The van der Waals surface area contributed by atoms with Gasteiger partial charge in [0.05, 0.1) is 23.0 Å². The van der Waals surface area contributed by atoms with E-state index in [1.165, 1.54) is 18.2 Å². The van der Waals surface area contributed by atoms with E-state index >= 15 is 0 Å². The third-order valence-corrected chi connectivity index (χ3v) is 8.28. The number of nitrogens with zero attached hydrogens (tertiary/aromatic N) is 5. The highest BCUT2D eigenvalue weighted by molar-refractivity contribution is 6.30. The summed E-state index contributed by atoms with van der Waals surface area (Å²) in [6.45, 7) is 4.58. The van der Waals surface area contributed by atoms with Crippen molar-refractivity contribution >= 4 is 40.7 Å². The van der Waals surface area contributed by atoms with Gasteiger partial charge in [0, 0.05) is 73.6 Å². The maximum absolute atomic E-state index is 14.7. The van der Waals surface area contributed by atoms with Gasteiger partial charge in [-0.3, -0.25) is 9.59 Å². The van der Waals surface area contributed by atoms with Crippen LogP contribution in [0.15, 0.2) is 42.6 Å². The zero-order chi connectivity index (χ0) is 29.6. The summed E-state index contributed by atoms with van der Waals surface area (Å²) in [7, 11) is 2.10. The molecule has 42 heavy (non-hydrogen) atoms. The summed E-state index contributed by atoms with van der Waals surface area (Å²) >= 11 is 6.14. The molecule has 3 heterocycles. The first kappa shape index (κ1) is 29.8. The summed E-state index contributed by atoms with van der Waals surface area (Å²) in [6.07, 6.45) is 4.36. The number of anilines is 3. The van der Waals surface area contributed by atoms with Crippen LogP contribution in [0.3, 0.4) is 0 Å². The second kappa shape index (κ2) is 13.5. The molecule has 1 aliphatic carbocycles. The predicted molar refractivity (Wildman–Crippen MR) is 159 cm³/mol. The van der Waals surface area contributed by atoms with Crippen molar-refractivity contribution < 1.29 is 19.1 Å². The molecule has 0 unspecified atom stereocenters. The van der Waals surface area contributed by atoms with Crippen molar-refractivity contribution in [3.8, 4) is 11.3 Å². The quantitative estimate of drug-likeness (QED) is 0.313. The molecule has 12 heteroatoms. The van der Waals surface area contributed by atoms with Gasteiger partial charge >= 0.3 is 5.97 Å². The van der Waals surface area contributed by atoms with Gasteiger partial charge < -0.3 is 25.5 Å². The molecule has 0 radical (unpaired) electrons. The van der Waals surface area contributed by atoms with Crippen molar-refractivity contribution in [1.82, 2.24) is 25.0 Å². The topological polar surface area (TPSA) is 124 Å². The third-order valence-electron chi connectivity index (χ3n) is 8.05. The molecule has 222 valence electrons. The Labute approximate surface area is 249 Å². The standard InChI is InChI=1S/C30H35ClFN7O3/c1-38-12-14-39(15-13-38)11-9-28(40)35-27-17-22(8-10-33-27)34-26-18-25(23-16-21(31)6-7-24(23)32)36-37-29(26)19-2-4-20(5-3-19)30(41)42/h6-8,10,16-20H,2-5,9,11-15H2,1H3,(H,41,42)(H2,33,34,35,36,40)/t19-,20+. The van der Waals surface area contributed by atoms with Gasteiger partial charge in [-0.15, -0.1) is 5.10 Å². The predicted octanol–water partition coefficient (Wildman–Crippen LogP) is 5.01. The first-order chi connectivity index (χ1) is 20.2. The highest BCUT2D eigenvalue weighted by Crippen LogP contribution is 2.39. The van der Waals surface area contributed by atoms with Crippen LogP contribution in [0.4, 0.5) is 21.6 Å². The lowest BCUT2D eigenvalue weighted by molar-refractivity contribution is -0.142. The molecule has 2 aromatic heterocycles. The van der Waals surface area contributed by atoms with E-state index in [0.717, 1.165) is 26.2 Å². The normalized spacial score (nSPS) is 19.8. The number of carboxylic acid groups (broad SMARTS) is 1. The molecule has 0 atom stereocenters. The number of rotatable bonds is 9. The first-order valence-corrected chi connectivity index (χ1v) is 14.6. The van der Waals surface area contributed by atoms with Crippen LogP contribution in [0.25, 0.3) is 11.3 Å². The molecule has 1 aromatic carbocycles. The highest BCUT2D eigenvalue weighted by Gasteiger charge is 2.29. The zero-order valence-corrected chi connectivity index (χ0v) is 24.3. The largest absolute Gasteiger partial charge is 0.481 e. The Hall–Kier alpha value is -3.67. The molecule has 2 aliphatic rings. The Morgan fingerprint density at radius 2 is 1.81 bits per heavy atom. The van der Waals surface area contributed by atoms with Crippen LogP contribution in [-0.2, 0) is 9.59 Å². The van der Waals surface area contributed by atoms with Crippen LogP contribution in [0.5, 0.6) is 0 Å². The minimum Gasteiger partial charge on any atom is -0.481 e. The molecule has 1 amide bonds. The Morgan fingerprint density at radius 1 is 1.05 bits per heavy atom. The molecule has 1 saturated carbocycles. The van der Waals surface area contributed by atoms with Crippen molar-refractivity contribution in [3.05, 3.63) is 59.1 Å². The van der Waals surface area contributed by atoms with E-state index in [0.29, 0.717) is 72.3 Å². The number of carbonyl (C=O) groups excluding carboxylic acids is 1. The van der Waals surface area contributed by atoms with Crippen LogP contribution in [0.1, 0.15) is 43.7 Å². The summed E-state index contributed by atoms with van der Waals surface area (Å²) in [6, 6.07) is 9.50. The number of carboxylic acids is 1. The molecule has 0 bridgehead atoms. The number of benzene rings is 1. The maximum Gasteiger partial charge on any atom is 0.306 e. The van der Waals surface area contributed by atoms with E-state index in [-0.39, 0.29) is 23.3 Å². The van der Waals surface area contributed by atoms with Gasteiger partial charge in [-0.2, -0.15) is 5.10 Å². The number of aromatic nitrogens is 3. The molecule has 0 spiro atoms. The van der Waals surface area contributed by atoms with E-state index in [4.69, 9.17) is 11.6 Å². The van der Waals surface area contributed by atoms with Gasteiger partial charge in [0.15, 0.2) is 0 Å². The summed E-state index contributed by atoms with van der Waals surface area (Å²) in [5.74, 6) is -1.33. The molecular formula is C30H35ClFN7O3. The molecule has 1 aliphatic heterocycles. The average molecular weight is 596 g/mol. The van der Waals surface area contributed by atoms with Crippen molar-refractivity contribution in [2.45, 2.75) is 38.0 Å². The lowest BCUT2D eigenvalue weighted by atomic mass is 9.80. The van der Waals surface area contributed by atoms with Crippen molar-refractivity contribution in [2.75, 3.05) is 50.4 Å². The minimum atomic E-state index is -0.778. The number of pyridine rings is 1. The average Bonchev–Trinajstić information content (AvgIpc) is 2.98. The number of carbonyl (C=O) groups is 2. The number of hydrogen-bond acceptors (Lipinski definition) is 8. The van der Waals surface area contributed by atoms with Crippen LogP contribution in [-0.4, -0.2) is 81.7 Å². The lowest BCUT2D eigenvalue weighted by Crippen LogP contribution is -2.45. The fourth-order valence-electron chi connectivity index (χ4n) is 5.51. The van der Waals surface area contributed by atoms with Crippen LogP contribution in [0.2, 0.25) is 5.02 Å². The van der Waals surface area contributed by atoms with Gasteiger partial charge in [-0.05, 0) is 63.1 Å². The third kappa shape index (κ3) is 7.58. The van der Waals surface area contributed by atoms with Gasteiger partial charge in [0.2, 0.25) is 5.91 Å². The highest BCUT2D eigenvalue weighted by atomic mass is 35.5. The number of amides is 1. The Morgan fingerprint density at radius 3 is 2.55 bits per heavy atom. The Kier molecular flexibility index (Phi) is 9.61. The first-order valence-electron chi connectivity index (χ1n) is 14.2. The summed E-state index contributed by atoms with van der Waals surface area (Å²) < 4.78 is 14.7. The van der Waals surface area contributed by atoms with E-state index in [2.05, 4.69) is 42.7 Å². The molecule has 3 aromatic rings. The minimum absolute atomic E-state index is 0.00977. The summed E-state index contributed by atoms with van der Waals surface area (Å²) in [4.78, 5) is 33.0. The monoisotopic (exact) mass is 595 g/mol. The van der Waals surface area contributed by atoms with Crippen LogP contribution in [0, 0.1) is 11.7 Å². The van der Waals surface area contributed by atoms with Gasteiger partial charge in [-0.1, -0.05) is 11.6 Å².